The molecule has 9 heteroatoms. The van der Waals surface area contributed by atoms with Gasteiger partial charge in [0.2, 0.25) is 15.7 Å². The second-order valence-corrected chi connectivity index (χ2v) is 9.71. The number of hydrogen-bond donors (Lipinski definition) is 2. The van der Waals surface area contributed by atoms with Crippen LogP contribution in [0, 0.1) is 20.8 Å². The molecule has 2 aromatic carbocycles. The van der Waals surface area contributed by atoms with Crippen LogP contribution in [0.5, 0.6) is 0 Å². The van der Waals surface area contributed by atoms with Gasteiger partial charge in [0.05, 0.1) is 16.8 Å². The van der Waals surface area contributed by atoms with Gasteiger partial charge < -0.3 is 11.1 Å². The van der Waals surface area contributed by atoms with Crippen LogP contribution in [0.1, 0.15) is 16.7 Å². The predicted octanol–water partition coefficient (Wildman–Crippen LogP) is 3.55. The molecule has 0 saturated heterocycles. The first-order valence-electron chi connectivity index (χ1n) is 9.11. The summed E-state index contributed by atoms with van der Waals surface area (Å²) in [4.78, 5) is 20.3. The van der Waals surface area contributed by atoms with E-state index in [4.69, 9.17) is 5.73 Å². The largest absolute Gasteiger partial charge is 0.382 e. The molecule has 3 rings (SSSR count). The summed E-state index contributed by atoms with van der Waals surface area (Å²) >= 11 is 1.08. The molecule has 7 nitrogen and oxygen atoms in total. The first-order valence-corrected chi connectivity index (χ1v) is 11.6. The molecule has 0 atom stereocenters. The van der Waals surface area contributed by atoms with Gasteiger partial charge in [-0.1, -0.05) is 41.6 Å². The molecule has 0 aliphatic carbocycles. The number of thioether (sulfide) groups is 1. The average Bonchev–Trinajstić information content (AvgIpc) is 2.70. The van der Waals surface area contributed by atoms with Gasteiger partial charge in [0.25, 0.3) is 0 Å². The summed E-state index contributed by atoms with van der Waals surface area (Å²) < 4.78 is 26.0. The molecule has 3 N–H and O–H groups in total. The zero-order chi connectivity index (χ0) is 21.9. The molecule has 0 fully saturated rings. The molecule has 156 valence electrons. The number of nitrogens with two attached hydrogens (primary N) is 1. The van der Waals surface area contributed by atoms with Crippen molar-refractivity contribution in [3.8, 4) is 0 Å². The predicted molar refractivity (Wildman–Crippen MR) is 118 cm³/mol. The van der Waals surface area contributed by atoms with Crippen molar-refractivity contribution >= 4 is 39.0 Å². The Balaban J connectivity index is 1.72. The lowest BCUT2D eigenvalue weighted by molar-refractivity contribution is -0.113. The Bertz CT molecular complexity index is 1190. The fraction of sp³-hybridized carbons (Fsp3) is 0.190. The fourth-order valence-corrected chi connectivity index (χ4v) is 4.93. The number of sulfone groups is 1. The van der Waals surface area contributed by atoms with Crippen LogP contribution in [0.2, 0.25) is 0 Å². The minimum Gasteiger partial charge on any atom is -0.382 e. The van der Waals surface area contributed by atoms with Gasteiger partial charge in [-0.25, -0.2) is 18.4 Å². The van der Waals surface area contributed by atoms with Crippen LogP contribution in [0.15, 0.2) is 63.6 Å². The van der Waals surface area contributed by atoms with Crippen molar-refractivity contribution in [1.82, 2.24) is 9.97 Å². The lowest BCUT2D eigenvalue weighted by Gasteiger charge is -2.11. The van der Waals surface area contributed by atoms with Crippen molar-refractivity contribution in [2.24, 2.45) is 0 Å². The first-order chi connectivity index (χ1) is 14.2. The quantitative estimate of drug-likeness (QED) is 0.443. The Morgan fingerprint density at radius 2 is 1.70 bits per heavy atom. The number of nitrogens with one attached hydrogen (secondary N) is 1. The van der Waals surface area contributed by atoms with E-state index >= 15 is 0 Å². The van der Waals surface area contributed by atoms with Crippen LogP contribution in [-0.2, 0) is 14.6 Å². The lowest BCUT2D eigenvalue weighted by atomic mass is 10.2. The van der Waals surface area contributed by atoms with E-state index in [1.54, 1.807) is 19.1 Å². The number of rotatable bonds is 6. The Labute approximate surface area is 180 Å². The number of aromatic nitrogens is 2. The number of hydrogen-bond acceptors (Lipinski definition) is 7. The van der Waals surface area contributed by atoms with Crippen molar-refractivity contribution in [3.05, 3.63) is 65.4 Å². The van der Waals surface area contributed by atoms with Crippen LogP contribution in [0.3, 0.4) is 0 Å². The molecule has 0 aliphatic rings. The summed E-state index contributed by atoms with van der Waals surface area (Å²) in [5.41, 5.74) is 9.17. The molecular weight excluding hydrogens is 420 g/mol. The molecular formula is C21H22N4O3S2. The molecule has 0 aliphatic heterocycles. The van der Waals surface area contributed by atoms with E-state index in [2.05, 4.69) is 15.3 Å². The molecule has 0 bridgehead atoms. The maximum atomic E-state index is 13.0. The maximum Gasteiger partial charge on any atom is 0.234 e. The van der Waals surface area contributed by atoms with E-state index in [0.29, 0.717) is 11.3 Å². The Morgan fingerprint density at radius 3 is 2.37 bits per heavy atom. The molecule has 30 heavy (non-hydrogen) atoms. The Morgan fingerprint density at radius 1 is 1.03 bits per heavy atom. The van der Waals surface area contributed by atoms with Crippen LogP contribution >= 0.6 is 11.8 Å². The highest BCUT2D eigenvalue weighted by Crippen LogP contribution is 2.28. The summed E-state index contributed by atoms with van der Waals surface area (Å²) in [5.74, 6) is -0.304. The topological polar surface area (TPSA) is 115 Å². The van der Waals surface area contributed by atoms with Gasteiger partial charge >= 0.3 is 0 Å². The Kier molecular flexibility index (Phi) is 6.42. The molecule has 0 saturated carbocycles. The summed E-state index contributed by atoms with van der Waals surface area (Å²) in [7, 11) is -3.85. The van der Waals surface area contributed by atoms with Gasteiger partial charge in [0.15, 0.2) is 5.16 Å². The van der Waals surface area contributed by atoms with Crippen LogP contribution < -0.4 is 11.1 Å². The minimum absolute atomic E-state index is 0.0659. The number of anilines is 2. The third-order valence-corrected chi connectivity index (χ3v) is 7.13. The number of carbonyl (C=O) groups excluding carboxylic acids is 1. The first kappa shape index (κ1) is 21.8. The molecule has 0 radical (unpaired) electrons. The maximum absolute atomic E-state index is 13.0. The number of benzene rings is 2. The van der Waals surface area contributed by atoms with E-state index in [1.165, 1.54) is 6.20 Å². The standard InChI is InChI=1S/C21H22N4O3S2/c1-13-5-8-16(9-6-13)24-19(26)12-29-21-23-11-18(20(22)25-21)30(27,28)17-10-14(2)4-7-15(17)3/h4-11H,12H2,1-3H3,(H,24,26)(H2,22,23,25). The SMILES string of the molecule is Cc1ccc(NC(=O)CSc2ncc(S(=O)(=O)c3cc(C)ccc3C)c(N)n2)cc1. The van der Waals surface area contributed by atoms with Gasteiger partial charge in [-0.15, -0.1) is 0 Å². The highest BCUT2D eigenvalue weighted by atomic mass is 32.2. The van der Waals surface area contributed by atoms with Crippen LogP contribution in [0.25, 0.3) is 0 Å². The summed E-state index contributed by atoms with van der Waals surface area (Å²) in [6.07, 6.45) is 1.19. The summed E-state index contributed by atoms with van der Waals surface area (Å²) in [6, 6.07) is 12.6. The number of amides is 1. The molecule has 0 spiro atoms. The summed E-state index contributed by atoms with van der Waals surface area (Å²) in [5, 5.41) is 3.01. The average molecular weight is 443 g/mol. The van der Waals surface area contributed by atoms with E-state index in [1.807, 2.05) is 44.2 Å². The normalized spacial score (nSPS) is 11.3. The van der Waals surface area contributed by atoms with E-state index in [0.717, 1.165) is 22.9 Å². The van der Waals surface area contributed by atoms with E-state index in [9.17, 15) is 13.2 Å². The van der Waals surface area contributed by atoms with Gasteiger partial charge in [0.1, 0.15) is 10.7 Å². The molecule has 3 aromatic rings. The number of nitrogens with zero attached hydrogens (tertiary/aromatic N) is 2. The van der Waals surface area contributed by atoms with Crippen molar-refractivity contribution < 1.29 is 13.2 Å². The van der Waals surface area contributed by atoms with Crippen molar-refractivity contribution in [3.63, 3.8) is 0 Å². The van der Waals surface area contributed by atoms with Crippen molar-refractivity contribution in [2.45, 2.75) is 35.7 Å². The third kappa shape index (κ3) is 4.98. The summed E-state index contributed by atoms with van der Waals surface area (Å²) in [6.45, 7) is 5.51. The molecule has 1 heterocycles. The van der Waals surface area contributed by atoms with Gasteiger partial charge in [-0.3, -0.25) is 4.79 Å². The van der Waals surface area contributed by atoms with Crippen molar-refractivity contribution in [2.75, 3.05) is 16.8 Å². The monoisotopic (exact) mass is 442 g/mol. The fourth-order valence-electron chi connectivity index (χ4n) is 2.72. The van der Waals surface area contributed by atoms with Gasteiger partial charge in [-0.05, 0) is 50.1 Å². The second-order valence-electron chi connectivity index (χ2n) is 6.88. The number of carbonyl (C=O) groups is 1. The number of aryl methyl sites for hydroxylation is 3. The Hall–Kier alpha value is -2.91. The smallest absolute Gasteiger partial charge is 0.234 e. The second kappa shape index (κ2) is 8.85. The highest BCUT2D eigenvalue weighted by Gasteiger charge is 2.24. The van der Waals surface area contributed by atoms with E-state index in [-0.39, 0.29) is 32.4 Å². The van der Waals surface area contributed by atoms with Gasteiger partial charge in [0, 0.05) is 5.69 Å². The van der Waals surface area contributed by atoms with Gasteiger partial charge in [-0.2, -0.15) is 0 Å². The number of nitrogen functional groups attached to an aromatic ring is 1. The zero-order valence-corrected chi connectivity index (χ0v) is 18.5. The minimum atomic E-state index is -3.85. The molecule has 1 aromatic heterocycles. The van der Waals surface area contributed by atoms with Crippen LogP contribution in [-0.4, -0.2) is 30.0 Å². The van der Waals surface area contributed by atoms with Crippen molar-refractivity contribution in [1.29, 1.82) is 0 Å². The van der Waals surface area contributed by atoms with E-state index < -0.39 is 9.84 Å². The third-order valence-electron chi connectivity index (χ3n) is 4.35. The molecule has 0 unspecified atom stereocenters. The van der Waals surface area contributed by atoms with Crippen LogP contribution in [0.4, 0.5) is 11.5 Å². The zero-order valence-electron chi connectivity index (χ0n) is 16.8. The highest BCUT2D eigenvalue weighted by molar-refractivity contribution is 7.99. The molecule has 1 amide bonds. The lowest BCUT2D eigenvalue weighted by Crippen LogP contribution is -2.14.